The van der Waals surface area contributed by atoms with Gasteiger partial charge in [0.25, 0.3) is 10.1 Å². The predicted molar refractivity (Wildman–Crippen MR) is 130 cm³/mol. The van der Waals surface area contributed by atoms with Crippen molar-refractivity contribution in [3.05, 3.63) is 65.7 Å². The number of hydrogen-bond donors (Lipinski definition) is 1. The van der Waals surface area contributed by atoms with Crippen molar-refractivity contribution < 1.29 is 40.1 Å². The number of alkyl halides is 3. The number of likely N-dealkylation sites (tertiary alicyclic amines) is 1. The number of nitrogens with zero attached hydrogens (tertiary/aromatic N) is 1. The minimum absolute atomic E-state index is 0.154. The second-order valence-electron chi connectivity index (χ2n) is 9.53. The number of carbonyl (C=O) groups is 2. The van der Waals surface area contributed by atoms with Crippen LogP contribution in [0.25, 0.3) is 0 Å². The lowest BCUT2D eigenvalue weighted by Crippen LogP contribution is -2.42. The minimum atomic E-state index is -4.56. The van der Waals surface area contributed by atoms with E-state index >= 15 is 0 Å². The van der Waals surface area contributed by atoms with Gasteiger partial charge in [0, 0.05) is 25.0 Å². The summed E-state index contributed by atoms with van der Waals surface area (Å²) < 4.78 is 73.8. The van der Waals surface area contributed by atoms with E-state index in [9.17, 15) is 31.2 Å². The third-order valence-corrected chi connectivity index (χ3v) is 8.15. The summed E-state index contributed by atoms with van der Waals surface area (Å²) in [5.74, 6) is -0.471. The highest BCUT2D eigenvalue weighted by Crippen LogP contribution is 2.32. The Bertz CT molecular complexity index is 1210. The maximum Gasteiger partial charge on any atom is 0.416 e. The molecule has 2 aromatic carbocycles. The van der Waals surface area contributed by atoms with E-state index in [1.165, 1.54) is 0 Å². The fraction of sp³-hybridized carbons (Fsp3) is 0.462. The first-order valence-electron chi connectivity index (χ1n) is 12.4. The van der Waals surface area contributed by atoms with Gasteiger partial charge in [-0.3, -0.25) is 8.98 Å². The molecule has 1 N–H and O–H groups in total. The van der Waals surface area contributed by atoms with Crippen LogP contribution in [0.5, 0.6) is 0 Å². The maximum absolute atomic E-state index is 12.8. The van der Waals surface area contributed by atoms with Crippen LogP contribution in [0.1, 0.15) is 43.2 Å². The van der Waals surface area contributed by atoms with Crippen molar-refractivity contribution in [3.8, 4) is 0 Å². The van der Waals surface area contributed by atoms with Crippen LogP contribution in [-0.2, 0) is 36.6 Å². The van der Waals surface area contributed by atoms with Crippen LogP contribution in [0.4, 0.5) is 18.0 Å². The number of nitrogens with one attached hydrogen (secondary N) is 1. The van der Waals surface area contributed by atoms with Crippen LogP contribution in [0, 0.1) is 5.92 Å². The van der Waals surface area contributed by atoms with Gasteiger partial charge >= 0.3 is 12.3 Å². The first-order valence-corrected chi connectivity index (χ1v) is 13.8. The number of halogens is 3. The van der Waals surface area contributed by atoms with Crippen LogP contribution in [0.3, 0.4) is 0 Å². The van der Waals surface area contributed by atoms with Gasteiger partial charge < -0.3 is 15.0 Å². The van der Waals surface area contributed by atoms with E-state index < -0.39 is 34.1 Å². The topological polar surface area (TPSA) is 102 Å². The van der Waals surface area contributed by atoms with Gasteiger partial charge in [-0.1, -0.05) is 30.3 Å². The molecule has 1 aliphatic carbocycles. The van der Waals surface area contributed by atoms with Gasteiger partial charge in [-0.2, -0.15) is 21.6 Å². The van der Waals surface area contributed by atoms with E-state index in [-0.39, 0.29) is 29.4 Å². The number of benzene rings is 2. The Kier molecular flexibility index (Phi) is 8.61. The monoisotopic (exact) mass is 554 g/mol. The summed E-state index contributed by atoms with van der Waals surface area (Å²) in [6.07, 6.45) is -3.59. The second kappa shape index (κ2) is 11.7. The number of rotatable bonds is 7. The van der Waals surface area contributed by atoms with Crippen LogP contribution < -0.4 is 5.32 Å². The SMILES string of the molecule is O=C(N[C@H]1CCN(C(=O)OCc2ccccc2)C1)C1CCC(OS(=O)(=O)c2ccc(C(F)(F)F)cc2)CC1. The molecule has 0 bridgehead atoms. The Morgan fingerprint density at radius 2 is 1.61 bits per heavy atom. The normalized spacial score (nSPS) is 22.2. The number of ether oxygens (including phenoxy) is 1. The van der Waals surface area contributed by atoms with Crippen molar-refractivity contribution in [3.63, 3.8) is 0 Å². The molecule has 2 amide bonds. The molecule has 1 aliphatic heterocycles. The fourth-order valence-corrected chi connectivity index (χ4v) is 5.77. The van der Waals surface area contributed by atoms with Gasteiger partial charge in [-0.25, -0.2) is 4.79 Å². The molecule has 2 aliphatic rings. The van der Waals surface area contributed by atoms with Gasteiger partial charge in [-0.05, 0) is 61.9 Å². The lowest BCUT2D eigenvalue weighted by molar-refractivity contribution is -0.137. The molecular weight excluding hydrogens is 525 g/mol. The molecule has 0 spiro atoms. The molecule has 0 aromatic heterocycles. The van der Waals surface area contributed by atoms with Gasteiger partial charge in [-0.15, -0.1) is 0 Å². The highest BCUT2D eigenvalue weighted by atomic mass is 32.2. The Morgan fingerprint density at radius 1 is 0.947 bits per heavy atom. The minimum Gasteiger partial charge on any atom is -0.445 e. The quantitative estimate of drug-likeness (QED) is 0.506. The van der Waals surface area contributed by atoms with Gasteiger partial charge in [0.15, 0.2) is 0 Å². The molecule has 12 heteroatoms. The Hall–Kier alpha value is -3.12. The average molecular weight is 555 g/mol. The lowest BCUT2D eigenvalue weighted by Gasteiger charge is -2.28. The van der Waals surface area contributed by atoms with Gasteiger partial charge in [0.2, 0.25) is 5.91 Å². The van der Waals surface area contributed by atoms with E-state index in [1.54, 1.807) is 4.90 Å². The zero-order valence-electron chi connectivity index (χ0n) is 20.5. The standard InChI is InChI=1S/C26H29F3N2O6S/c27-26(28,29)20-8-12-23(13-9-20)38(34,35)37-22-10-6-19(7-11-22)24(32)30-21-14-15-31(16-21)25(33)36-17-18-4-2-1-3-5-18/h1-5,8-9,12-13,19,21-22H,6-7,10-11,14-17H2,(H,30,32)/t19?,21-,22?/m0/s1. The summed E-state index contributed by atoms with van der Waals surface area (Å²) in [4.78, 5) is 26.3. The summed E-state index contributed by atoms with van der Waals surface area (Å²) in [6.45, 7) is 0.997. The lowest BCUT2D eigenvalue weighted by atomic mass is 9.87. The van der Waals surface area contributed by atoms with E-state index in [4.69, 9.17) is 8.92 Å². The van der Waals surface area contributed by atoms with Crippen molar-refractivity contribution in [1.82, 2.24) is 10.2 Å². The highest BCUT2D eigenvalue weighted by Gasteiger charge is 2.34. The largest absolute Gasteiger partial charge is 0.445 e. The zero-order valence-corrected chi connectivity index (χ0v) is 21.3. The molecule has 206 valence electrons. The van der Waals surface area contributed by atoms with E-state index in [2.05, 4.69) is 5.32 Å². The number of amides is 2. The van der Waals surface area contributed by atoms with Crippen LogP contribution in [0.15, 0.2) is 59.5 Å². The summed E-state index contributed by atoms with van der Waals surface area (Å²) in [5, 5.41) is 2.97. The molecule has 0 radical (unpaired) electrons. The van der Waals surface area contributed by atoms with Gasteiger partial charge in [0.05, 0.1) is 16.6 Å². The molecular formula is C26H29F3N2O6S. The Morgan fingerprint density at radius 3 is 2.24 bits per heavy atom. The molecule has 2 fully saturated rings. The molecule has 38 heavy (non-hydrogen) atoms. The van der Waals surface area contributed by atoms with Crippen molar-refractivity contribution in [2.24, 2.45) is 5.92 Å². The van der Waals surface area contributed by atoms with E-state index in [0.29, 0.717) is 57.3 Å². The molecule has 1 heterocycles. The molecule has 2 aromatic rings. The number of hydrogen-bond acceptors (Lipinski definition) is 6. The summed E-state index contributed by atoms with van der Waals surface area (Å²) in [5.41, 5.74) is -0.0610. The van der Waals surface area contributed by atoms with E-state index in [1.807, 2.05) is 30.3 Å². The zero-order chi connectivity index (χ0) is 27.3. The van der Waals surface area contributed by atoms with Gasteiger partial charge in [0.1, 0.15) is 6.61 Å². The average Bonchev–Trinajstić information content (AvgIpc) is 3.36. The van der Waals surface area contributed by atoms with Crippen molar-refractivity contribution in [1.29, 1.82) is 0 Å². The highest BCUT2D eigenvalue weighted by molar-refractivity contribution is 7.86. The first-order chi connectivity index (χ1) is 18.0. The van der Waals surface area contributed by atoms with E-state index in [0.717, 1.165) is 17.7 Å². The first kappa shape index (κ1) is 27.9. The van der Waals surface area contributed by atoms with Crippen molar-refractivity contribution in [2.75, 3.05) is 13.1 Å². The molecule has 8 nitrogen and oxygen atoms in total. The third kappa shape index (κ3) is 7.25. The smallest absolute Gasteiger partial charge is 0.416 e. The Balaban J connectivity index is 1.19. The molecule has 1 saturated carbocycles. The second-order valence-corrected chi connectivity index (χ2v) is 11.1. The summed E-state index contributed by atoms with van der Waals surface area (Å²) >= 11 is 0. The van der Waals surface area contributed by atoms with Crippen LogP contribution in [0.2, 0.25) is 0 Å². The van der Waals surface area contributed by atoms with Crippen molar-refractivity contribution >= 4 is 22.1 Å². The fourth-order valence-electron chi connectivity index (χ4n) is 4.64. The van der Waals surface area contributed by atoms with Crippen molar-refractivity contribution in [2.45, 2.75) is 61.9 Å². The third-order valence-electron chi connectivity index (χ3n) is 6.78. The molecule has 1 saturated heterocycles. The molecule has 0 unspecified atom stereocenters. The number of carbonyl (C=O) groups excluding carboxylic acids is 2. The molecule has 4 rings (SSSR count). The molecule has 1 atom stereocenters. The summed E-state index contributed by atoms with van der Waals surface area (Å²) in [7, 11) is -4.23. The maximum atomic E-state index is 12.8. The van der Waals surface area contributed by atoms with Crippen LogP contribution in [-0.4, -0.2) is 50.6 Å². The summed E-state index contributed by atoms with van der Waals surface area (Å²) in [6, 6.07) is 12.3. The predicted octanol–water partition coefficient (Wildman–Crippen LogP) is 4.50. The van der Waals surface area contributed by atoms with Crippen LogP contribution >= 0.6 is 0 Å². The Labute approximate surface area is 219 Å².